The smallest absolute Gasteiger partial charge is 0.103 e. The lowest BCUT2D eigenvalue weighted by Gasteiger charge is -2.21. The molecule has 2 rings (SSSR count). The molecule has 1 aliphatic carbocycles. The predicted octanol–water partition coefficient (Wildman–Crippen LogP) is 3.34. The molecule has 1 N–H and O–H groups in total. The number of H-pyrrole nitrogens is 1. The van der Waals surface area contributed by atoms with Crippen molar-refractivity contribution >= 4 is 0 Å². The van der Waals surface area contributed by atoms with Gasteiger partial charge in [-0.25, -0.2) is 4.98 Å². The van der Waals surface area contributed by atoms with Crippen LogP contribution in [-0.4, -0.2) is 9.97 Å². The summed E-state index contributed by atoms with van der Waals surface area (Å²) in [5, 5.41) is 0. The van der Waals surface area contributed by atoms with Crippen molar-refractivity contribution in [1.29, 1.82) is 0 Å². The number of aromatic amines is 1. The van der Waals surface area contributed by atoms with Gasteiger partial charge < -0.3 is 4.98 Å². The van der Waals surface area contributed by atoms with Crippen molar-refractivity contribution in [2.24, 2.45) is 5.92 Å². The summed E-state index contributed by atoms with van der Waals surface area (Å²) in [6, 6.07) is 0. The quantitative estimate of drug-likeness (QED) is 0.782. The molecule has 0 radical (unpaired) electrons. The Bertz CT molecular complexity index is 398. The van der Waals surface area contributed by atoms with Crippen molar-refractivity contribution in [1.82, 2.24) is 9.97 Å². The second kappa shape index (κ2) is 4.05. The third kappa shape index (κ3) is 2.04. The average Bonchev–Trinajstić information content (AvgIpc) is 2.64. The fourth-order valence-corrected chi connectivity index (χ4v) is 2.13. The minimum Gasteiger partial charge on any atom is -0.346 e. The Morgan fingerprint density at radius 1 is 1.47 bits per heavy atom. The number of rotatable bonds is 2. The molecule has 2 atom stereocenters. The van der Waals surface area contributed by atoms with Crippen molar-refractivity contribution < 1.29 is 0 Å². The molecule has 0 aliphatic heterocycles. The largest absolute Gasteiger partial charge is 0.346 e. The molecule has 1 aliphatic rings. The number of allylic oxidation sites excluding steroid dienone is 4. The number of nitrogens with zero attached hydrogens (tertiary/aromatic N) is 1. The summed E-state index contributed by atoms with van der Waals surface area (Å²) in [5.74, 6) is 2.02. The van der Waals surface area contributed by atoms with E-state index in [4.69, 9.17) is 0 Å². The highest BCUT2D eigenvalue weighted by molar-refractivity contribution is 5.31. The molecular weight excluding hydrogens is 184 g/mol. The van der Waals surface area contributed by atoms with Gasteiger partial charge in [0, 0.05) is 17.8 Å². The maximum absolute atomic E-state index is 4.26. The van der Waals surface area contributed by atoms with Gasteiger partial charge in [-0.2, -0.15) is 0 Å². The average molecular weight is 202 g/mol. The van der Waals surface area contributed by atoms with Gasteiger partial charge in [0.05, 0.1) is 0 Å². The summed E-state index contributed by atoms with van der Waals surface area (Å²) in [7, 11) is 0. The number of nitrogens with one attached hydrogen (secondary N) is 1. The Balaban J connectivity index is 2.21. The van der Waals surface area contributed by atoms with Crippen LogP contribution in [0.2, 0.25) is 0 Å². The Kier molecular flexibility index (Phi) is 2.76. The Morgan fingerprint density at radius 2 is 2.27 bits per heavy atom. The third-order valence-corrected chi connectivity index (χ3v) is 3.05. The van der Waals surface area contributed by atoms with Gasteiger partial charge in [0.15, 0.2) is 0 Å². The van der Waals surface area contributed by atoms with E-state index < -0.39 is 0 Å². The van der Waals surface area contributed by atoms with Crippen LogP contribution in [0.3, 0.4) is 0 Å². The molecule has 0 bridgehead atoms. The van der Waals surface area contributed by atoms with Crippen LogP contribution in [0.1, 0.15) is 37.7 Å². The Labute approximate surface area is 91.1 Å². The van der Waals surface area contributed by atoms with Gasteiger partial charge in [0.2, 0.25) is 0 Å². The number of hydrogen-bond donors (Lipinski definition) is 1. The molecule has 2 heteroatoms. The van der Waals surface area contributed by atoms with Crippen LogP contribution >= 0.6 is 0 Å². The summed E-state index contributed by atoms with van der Waals surface area (Å²) in [6.07, 6.45) is 9.96. The minimum absolute atomic E-state index is 0.460. The van der Waals surface area contributed by atoms with Crippen molar-refractivity contribution in [3.63, 3.8) is 0 Å². The minimum atomic E-state index is 0.460. The Hall–Kier alpha value is -1.31. The topological polar surface area (TPSA) is 28.7 Å². The molecule has 15 heavy (non-hydrogen) atoms. The van der Waals surface area contributed by atoms with E-state index in [1.165, 1.54) is 11.3 Å². The molecule has 0 amide bonds. The molecule has 80 valence electrons. The van der Waals surface area contributed by atoms with Gasteiger partial charge in [-0.15, -0.1) is 0 Å². The van der Waals surface area contributed by atoms with Crippen molar-refractivity contribution in [2.75, 3.05) is 0 Å². The van der Waals surface area contributed by atoms with E-state index in [2.05, 4.69) is 42.0 Å². The third-order valence-electron chi connectivity index (χ3n) is 3.05. The number of hydrogen-bond acceptors (Lipinski definition) is 1. The lowest BCUT2D eigenvalue weighted by molar-refractivity contribution is 0.614. The summed E-state index contributed by atoms with van der Waals surface area (Å²) in [5.41, 5.74) is 2.66. The number of aromatic nitrogens is 2. The molecule has 1 heterocycles. The van der Waals surface area contributed by atoms with Crippen LogP contribution in [0.15, 0.2) is 30.0 Å². The highest BCUT2D eigenvalue weighted by atomic mass is 14.9. The normalized spacial score (nSPS) is 25.4. The molecule has 0 fully saturated rings. The zero-order valence-electron chi connectivity index (χ0n) is 9.62. The van der Waals surface area contributed by atoms with E-state index in [0.29, 0.717) is 11.8 Å². The van der Waals surface area contributed by atoms with Crippen LogP contribution in [-0.2, 0) is 0 Å². The van der Waals surface area contributed by atoms with Crippen LogP contribution in [0.4, 0.5) is 0 Å². The van der Waals surface area contributed by atoms with Crippen LogP contribution < -0.4 is 0 Å². The number of aryl methyl sites for hydroxylation is 1. The molecule has 0 saturated carbocycles. The van der Waals surface area contributed by atoms with Gasteiger partial charge in [-0.3, -0.25) is 0 Å². The second-order valence-corrected chi connectivity index (χ2v) is 4.26. The number of imidazole rings is 1. The summed E-state index contributed by atoms with van der Waals surface area (Å²) >= 11 is 0. The van der Waals surface area contributed by atoms with Crippen molar-refractivity contribution in [3.05, 3.63) is 41.5 Å². The first-order valence-corrected chi connectivity index (χ1v) is 5.61. The molecule has 1 aromatic heterocycles. The Morgan fingerprint density at radius 3 is 2.80 bits per heavy atom. The van der Waals surface area contributed by atoms with Gasteiger partial charge in [-0.1, -0.05) is 37.6 Å². The van der Waals surface area contributed by atoms with Crippen molar-refractivity contribution in [2.45, 2.75) is 33.1 Å². The highest BCUT2D eigenvalue weighted by Crippen LogP contribution is 2.31. The van der Waals surface area contributed by atoms with E-state index >= 15 is 0 Å². The maximum atomic E-state index is 4.26. The van der Waals surface area contributed by atoms with E-state index in [1.807, 2.05) is 13.1 Å². The first kappa shape index (κ1) is 10.2. The van der Waals surface area contributed by atoms with Crippen LogP contribution in [0.25, 0.3) is 0 Å². The van der Waals surface area contributed by atoms with Gasteiger partial charge in [0.1, 0.15) is 5.82 Å². The highest BCUT2D eigenvalue weighted by Gasteiger charge is 2.19. The van der Waals surface area contributed by atoms with E-state index in [0.717, 1.165) is 12.2 Å². The molecule has 0 spiro atoms. The van der Waals surface area contributed by atoms with Crippen LogP contribution in [0, 0.1) is 12.8 Å². The molecule has 0 saturated heterocycles. The summed E-state index contributed by atoms with van der Waals surface area (Å²) in [4.78, 5) is 7.57. The lowest BCUT2D eigenvalue weighted by atomic mass is 9.85. The fourth-order valence-electron chi connectivity index (χ4n) is 2.13. The zero-order valence-corrected chi connectivity index (χ0v) is 9.62. The summed E-state index contributed by atoms with van der Waals surface area (Å²) in [6.45, 7) is 6.46. The fraction of sp³-hybridized carbons (Fsp3) is 0.462. The second-order valence-electron chi connectivity index (χ2n) is 4.26. The van der Waals surface area contributed by atoms with Gasteiger partial charge in [-0.05, 0) is 19.3 Å². The molecule has 1 aromatic rings. The van der Waals surface area contributed by atoms with Gasteiger partial charge in [0.25, 0.3) is 0 Å². The maximum Gasteiger partial charge on any atom is 0.103 e. The predicted molar refractivity (Wildman–Crippen MR) is 62.7 cm³/mol. The molecule has 2 unspecified atom stereocenters. The van der Waals surface area contributed by atoms with E-state index in [-0.39, 0.29) is 0 Å². The molecule has 2 nitrogen and oxygen atoms in total. The zero-order chi connectivity index (χ0) is 10.8. The first-order chi connectivity index (χ1) is 7.20. The summed E-state index contributed by atoms with van der Waals surface area (Å²) < 4.78 is 0. The molecule has 0 aromatic carbocycles. The van der Waals surface area contributed by atoms with Gasteiger partial charge >= 0.3 is 0 Å². The van der Waals surface area contributed by atoms with Crippen LogP contribution in [0.5, 0.6) is 0 Å². The van der Waals surface area contributed by atoms with Crippen molar-refractivity contribution in [3.8, 4) is 0 Å². The van der Waals surface area contributed by atoms with E-state index in [9.17, 15) is 0 Å². The first-order valence-electron chi connectivity index (χ1n) is 5.61. The monoisotopic (exact) mass is 202 g/mol. The van der Waals surface area contributed by atoms with E-state index in [1.54, 1.807) is 0 Å². The SMILES string of the molecule is CCC1=CC(C)C(c2cnc(C)[nH]2)C=C1. The standard InChI is InChI=1S/C13H18N2/c1-4-11-5-6-12(9(2)7-11)13-8-14-10(3)15-13/h5-9,12H,4H2,1-3H3,(H,14,15). The molecular formula is C13H18N2. The lowest BCUT2D eigenvalue weighted by Crippen LogP contribution is -2.09.